The number of hydrogen-bond acceptors (Lipinski definition) is 8. The highest BCUT2D eigenvalue weighted by molar-refractivity contribution is 8.77. The molecule has 2 aromatic heterocycles. The number of rotatable bonds is 8. The van der Waals surface area contributed by atoms with Gasteiger partial charge in [0.2, 0.25) is 0 Å². The van der Waals surface area contributed by atoms with E-state index in [1.54, 1.807) is 0 Å². The maximum atomic E-state index is 4.81. The molecule has 2 aromatic carbocycles. The summed E-state index contributed by atoms with van der Waals surface area (Å²) in [4.78, 5) is 9.57. The molecule has 1 aliphatic carbocycles. The van der Waals surface area contributed by atoms with Crippen molar-refractivity contribution in [2.45, 2.75) is 47.0 Å². The third-order valence-electron chi connectivity index (χ3n) is 6.22. The molecule has 0 spiro atoms. The molecule has 4 aromatic rings. The van der Waals surface area contributed by atoms with Crippen LogP contribution in [0.5, 0.6) is 0 Å². The predicted molar refractivity (Wildman–Crippen MR) is 150 cm³/mol. The molecule has 2 nitrogen and oxygen atoms in total. The van der Waals surface area contributed by atoms with Gasteiger partial charge in [-0.3, -0.25) is 0 Å². The predicted octanol–water partition coefficient (Wildman–Crippen LogP) is 9.53. The van der Waals surface area contributed by atoms with Crippen LogP contribution in [0.3, 0.4) is 0 Å². The molecular weight excluding hydrogens is 509 g/mol. The first-order chi connectivity index (χ1) is 15.7. The average Bonchev–Trinajstić information content (AvgIpc) is 3.41. The van der Waals surface area contributed by atoms with Crippen LogP contribution in [0, 0.1) is 17.8 Å². The first-order valence-corrected chi connectivity index (χ1v) is 17.2. The van der Waals surface area contributed by atoms with E-state index < -0.39 is 0 Å². The quantitative estimate of drug-likeness (QED) is 0.209. The van der Waals surface area contributed by atoms with E-state index in [9.17, 15) is 0 Å². The lowest BCUT2D eigenvalue weighted by molar-refractivity contribution is 0.245. The van der Waals surface area contributed by atoms with Crippen molar-refractivity contribution in [2.75, 3.05) is 5.75 Å². The summed E-state index contributed by atoms with van der Waals surface area (Å²) in [5, 5.41) is 0.718. The fourth-order valence-corrected chi connectivity index (χ4v) is 12.4. The van der Waals surface area contributed by atoms with Gasteiger partial charge in [0.1, 0.15) is 0 Å². The molecule has 32 heavy (non-hydrogen) atoms. The Morgan fingerprint density at radius 1 is 0.906 bits per heavy atom. The SMILES string of the molecule is CC(CSSc1nc2ccccc2s1)C1CCC(C)C(SSc2nc3ccccc3s2)C1. The summed E-state index contributed by atoms with van der Waals surface area (Å²) >= 11 is 3.64. The van der Waals surface area contributed by atoms with Crippen LogP contribution in [0.2, 0.25) is 0 Å². The summed E-state index contributed by atoms with van der Waals surface area (Å²) in [6.07, 6.45) is 4.05. The summed E-state index contributed by atoms with van der Waals surface area (Å²) in [7, 11) is 7.80. The molecule has 5 rings (SSSR count). The molecular formula is C24H26N2S6. The number of hydrogen-bond donors (Lipinski definition) is 0. The Balaban J connectivity index is 1.11. The smallest absolute Gasteiger partial charge is 0.161 e. The third-order valence-corrected chi connectivity index (χ3v) is 14.5. The molecule has 0 aliphatic heterocycles. The lowest BCUT2D eigenvalue weighted by Gasteiger charge is -2.36. The van der Waals surface area contributed by atoms with Crippen molar-refractivity contribution in [1.29, 1.82) is 0 Å². The van der Waals surface area contributed by atoms with Gasteiger partial charge in [-0.15, -0.1) is 22.7 Å². The van der Waals surface area contributed by atoms with Crippen molar-refractivity contribution in [3.8, 4) is 0 Å². The molecule has 0 radical (unpaired) electrons. The van der Waals surface area contributed by atoms with Crippen LogP contribution in [0.4, 0.5) is 0 Å². The van der Waals surface area contributed by atoms with Crippen molar-refractivity contribution in [1.82, 2.24) is 9.97 Å². The molecule has 1 aliphatic rings. The Kier molecular flexibility index (Phi) is 7.97. The molecule has 0 N–H and O–H groups in total. The van der Waals surface area contributed by atoms with Crippen molar-refractivity contribution in [3.63, 3.8) is 0 Å². The number of para-hydroxylation sites is 2. The van der Waals surface area contributed by atoms with Crippen LogP contribution in [0.1, 0.15) is 33.1 Å². The number of benzene rings is 2. The van der Waals surface area contributed by atoms with Gasteiger partial charge in [-0.1, -0.05) is 59.7 Å². The van der Waals surface area contributed by atoms with Gasteiger partial charge in [0.25, 0.3) is 0 Å². The third kappa shape index (κ3) is 5.63. The average molecular weight is 535 g/mol. The summed E-state index contributed by atoms with van der Waals surface area (Å²) in [5.74, 6) is 3.55. The van der Waals surface area contributed by atoms with Crippen LogP contribution < -0.4 is 0 Å². The summed E-state index contributed by atoms with van der Waals surface area (Å²) < 4.78 is 4.96. The maximum Gasteiger partial charge on any atom is 0.161 e. The van der Waals surface area contributed by atoms with Gasteiger partial charge in [-0.05, 0) is 82.9 Å². The maximum absolute atomic E-state index is 4.81. The van der Waals surface area contributed by atoms with Crippen LogP contribution >= 0.6 is 65.8 Å². The van der Waals surface area contributed by atoms with E-state index >= 15 is 0 Å². The summed E-state index contributed by atoms with van der Waals surface area (Å²) in [6.45, 7) is 4.89. The Morgan fingerprint density at radius 3 is 2.19 bits per heavy atom. The second kappa shape index (κ2) is 10.9. The number of thiazole rings is 2. The Labute approximate surface area is 214 Å². The van der Waals surface area contributed by atoms with Crippen molar-refractivity contribution < 1.29 is 0 Å². The number of fused-ring (bicyclic) bond motifs is 2. The molecule has 0 amide bonds. The van der Waals surface area contributed by atoms with Crippen LogP contribution in [0.15, 0.2) is 57.2 Å². The highest BCUT2D eigenvalue weighted by Gasteiger charge is 2.31. The summed E-state index contributed by atoms with van der Waals surface area (Å²) in [5.41, 5.74) is 2.26. The highest BCUT2D eigenvalue weighted by Crippen LogP contribution is 2.48. The van der Waals surface area contributed by atoms with Crippen molar-refractivity contribution in [2.24, 2.45) is 17.8 Å². The summed E-state index contributed by atoms with van der Waals surface area (Å²) in [6, 6.07) is 16.9. The molecule has 1 fully saturated rings. The second-order valence-corrected chi connectivity index (χ2v) is 15.8. The van der Waals surface area contributed by atoms with Crippen LogP contribution in [-0.2, 0) is 0 Å². The minimum Gasteiger partial charge on any atom is -0.229 e. The van der Waals surface area contributed by atoms with Gasteiger partial charge in [0.15, 0.2) is 8.68 Å². The molecule has 4 unspecified atom stereocenters. The fraction of sp³-hybridized carbons (Fsp3) is 0.417. The van der Waals surface area contributed by atoms with Gasteiger partial charge in [-0.2, -0.15) is 0 Å². The van der Waals surface area contributed by atoms with E-state index in [0.717, 1.165) is 34.0 Å². The first-order valence-electron chi connectivity index (χ1n) is 11.0. The molecule has 4 atom stereocenters. The van der Waals surface area contributed by atoms with Gasteiger partial charge < -0.3 is 0 Å². The largest absolute Gasteiger partial charge is 0.229 e. The van der Waals surface area contributed by atoms with E-state index in [2.05, 4.69) is 73.2 Å². The topological polar surface area (TPSA) is 25.8 Å². The minimum atomic E-state index is 0.718. The Hall–Kier alpha value is -0.380. The zero-order chi connectivity index (χ0) is 21.9. The van der Waals surface area contributed by atoms with E-state index in [-0.39, 0.29) is 0 Å². The first kappa shape index (κ1) is 23.4. The molecule has 0 bridgehead atoms. The minimum absolute atomic E-state index is 0.718. The zero-order valence-electron chi connectivity index (χ0n) is 18.1. The molecule has 0 saturated heterocycles. The van der Waals surface area contributed by atoms with E-state index in [1.165, 1.54) is 43.1 Å². The molecule has 1 saturated carbocycles. The van der Waals surface area contributed by atoms with Gasteiger partial charge in [-0.25, -0.2) is 9.97 Å². The highest BCUT2D eigenvalue weighted by atomic mass is 33.1. The lowest BCUT2D eigenvalue weighted by Crippen LogP contribution is -2.29. The monoisotopic (exact) mass is 534 g/mol. The van der Waals surface area contributed by atoms with E-state index in [4.69, 9.17) is 9.97 Å². The Bertz CT molecular complexity index is 1110. The van der Waals surface area contributed by atoms with E-state index in [1.807, 2.05) is 55.1 Å². The standard InChI is InChI=1S/C24H26N2S6/c1-15-11-12-17(13-22(15)30-32-24-26-19-8-4-6-10-21(19)29-24)16(2)14-27-31-23-25-18-7-3-5-9-20(18)28-23/h3-10,15-17,22H,11-14H2,1-2H3. The van der Waals surface area contributed by atoms with Crippen molar-refractivity contribution in [3.05, 3.63) is 48.5 Å². The molecule has 168 valence electrons. The zero-order valence-corrected chi connectivity index (χ0v) is 23.0. The molecule has 8 heteroatoms. The number of aromatic nitrogens is 2. The normalized spacial score (nSPS) is 22.5. The van der Waals surface area contributed by atoms with Gasteiger partial charge >= 0.3 is 0 Å². The fourth-order valence-electron chi connectivity index (χ4n) is 4.17. The van der Waals surface area contributed by atoms with Crippen LogP contribution in [-0.4, -0.2) is 21.0 Å². The lowest BCUT2D eigenvalue weighted by atomic mass is 9.77. The van der Waals surface area contributed by atoms with Gasteiger partial charge in [0, 0.05) is 11.0 Å². The van der Waals surface area contributed by atoms with Gasteiger partial charge in [0.05, 0.1) is 20.4 Å². The van der Waals surface area contributed by atoms with E-state index in [0.29, 0.717) is 0 Å². The second-order valence-electron chi connectivity index (χ2n) is 8.51. The Morgan fingerprint density at radius 2 is 1.53 bits per heavy atom. The number of nitrogens with zero attached hydrogens (tertiary/aromatic N) is 2. The van der Waals surface area contributed by atoms with Crippen molar-refractivity contribution >= 4 is 86.3 Å². The van der Waals surface area contributed by atoms with Crippen LogP contribution in [0.25, 0.3) is 20.4 Å². The molecule has 2 heterocycles.